The van der Waals surface area contributed by atoms with Crippen LogP contribution >= 0.6 is 0 Å². The van der Waals surface area contributed by atoms with Crippen molar-refractivity contribution in [3.05, 3.63) is 29.8 Å². The first-order chi connectivity index (χ1) is 9.02. The molecule has 0 aromatic heterocycles. The minimum absolute atomic E-state index is 0.104. The first-order valence-corrected chi connectivity index (χ1v) is 6.40. The van der Waals surface area contributed by atoms with Crippen LogP contribution in [0.5, 0.6) is 0 Å². The van der Waals surface area contributed by atoms with Gasteiger partial charge in [0.15, 0.2) is 0 Å². The lowest BCUT2D eigenvalue weighted by atomic mass is 10.1. The molecule has 0 heterocycles. The zero-order valence-electron chi connectivity index (χ0n) is 11.1. The fraction of sp³-hybridized carbons (Fsp3) is 0.429. The van der Waals surface area contributed by atoms with Crippen molar-refractivity contribution in [3.63, 3.8) is 0 Å². The molecule has 5 heteroatoms. The third kappa shape index (κ3) is 5.52. The van der Waals surface area contributed by atoms with E-state index in [0.717, 1.165) is 12.0 Å². The van der Waals surface area contributed by atoms with E-state index in [4.69, 9.17) is 10.8 Å². The van der Waals surface area contributed by atoms with E-state index >= 15 is 0 Å². The maximum absolute atomic E-state index is 11.7. The Morgan fingerprint density at radius 2 is 1.95 bits per heavy atom. The molecule has 0 aliphatic heterocycles. The largest absolute Gasteiger partial charge is 0.481 e. The Kier molecular flexibility index (Phi) is 6.02. The molecule has 0 bridgehead atoms. The van der Waals surface area contributed by atoms with Crippen LogP contribution in [0.15, 0.2) is 24.3 Å². The molecule has 1 aromatic rings. The molecule has 1 atom stereocenters. The smallest absolute Gasteiger partial charge is 0.303 e. The van der Waals surface area contributed by atoms with Crippen LogP contribution in [-0.4, -0.2) is 23.0 Å². The normalized spacial score (nSPS) is 11.9. The van der Waals surface area contributed by atoms with Gasteiger partial charge in [0, 0.05) is 12.1 Å². The van der Waals surface area contributed by atoms with Crippen LogP contribution < -0.4 is 11.1 Å². The average molecular weight is 264 g/mol. The Morgan fingerprint density at radius 1 is 1.32 bits per heavy atom. The summed E-state index contributed by atoms with van der Waals surface area (Å²) < 4.78 is 0. The Labute approximate surface area is 112 Å². The van der Waals surface area contributed by atoms with Crippen molar-refractivity contribution in [2.24, 2.45) is 5.73 Å². The number of nitrogens with two attached hydrogens (primary N) is 1. The molecule has 1 aromatic carbocycles. The van der Waals surface area contributed by atoms with Crippen molar-refractivity contribution in [1.82, 2.24) is 0 Å². The molecule has 0 saturated heterocycles. The van der Waals surface area contributed by atoms with Crippen LogP contribution in [0.1, 0.15) is 31.7 Å². The number of carbonyl (C=O) groups is 2. The molecule has 0 spiro atoms. The van der Waals surface area contributed by atoms with Crippen molar-refractivity contribution in [1.29, 1.82) is 0 Å². The number of carboxylic acids is 1. The summed E-state index contributed by atoms with van der Waals surface area (Å²) in [7, 11) is 0. The van der Waals surface area contributed by atoms with Gasteiger partial charge in [0.05, 0.1) is 6.04 Å². The van der Waals surface area contributed by atoms with Gasteiger partial charge in [-0.2, -0.15) is 0 Å². The maximum atomic E-state index is 11.7. The monoisotopic (exact) mass is 264 g/mol. The lowest BCUT2D eigenvalue weighted by Crippen LogP contribution is -2.35. The molecule has 19 heavy (non-hydrogen) atoms. The van der Waals surface area contributed by atoms with Crippen molar-refractivity contribution in [2.45, 2.75) is 38.6 Å². The topological polar surface area (TPSA) is 92.4 Å². The number of aryl methyl sites for hydroxylation is 1. The van der Waals surface area contributed by atoms with Gasteiger partial charge < -0.3 is 16.2 Å². The average Bonchev–Trinajstić information content (AvgIpc) is 2.38. The van der Waals surface area contributed by atoms with Gasteiger partial charge >= 0.3 is 5.97 Å². The van der Waals surface area contributed by atoms with Gasteiger partial charge in [-0.15, -0.1) is 0 Å². The molecule has 0 radical (unpaired) electrons. The number of hydrogen-bond acceptors (Lipinski definition) is 3. The number of rotatable bonds is 7. The minimum atomic E-state index is -0.817. The predicted octanol–water partition coefficient (Wildman–Crippen LogP) is 1.77. The summed E-state index contributed by atoms with van der Waals surface area (Å²) in [6.07, 6.45) is 2.11. The third-order valence-corrected chi connectivity index (χ3v) is 2.79. The summed E-state index contributed by atoms with van der Waals surface area (Å²) in [5, 5.41) is 11.3. The summed E-state index contributed by atoms with van der Waals surface area (Å²) in [4.78, 5) is 22.1. The van der Waals surface area contributed by atoms with E-state index in [1.807, 2.05) is 19.1 Å². The highest BCUT2D eigenvalue weighted by molar-refractivity contribution is 5.94. The zero-order chi connectivity index (χ0) is 14.3. The summed E-state index contributed by atoms with van der Waals surface area (Å²) in [5.74, 6) is -1.01. The first kappa shape index (κ1) is 15.2. The lowest BCUT2D eigenvalue weighted by Gasteiger charge is -2.11. The van der Waals surface area contributed by atoms with Gasteiger partial charge in [-0.05, 0) is 30.5 Å². The van der Waals surface area contributed by atoms with Gasteiger partial charge in [-0.3, -0.25) is 9.59 Å². The standard InChI is InChI=1S/C14H20N2O3/c1-2-3-12(15)14(19)16-11-7-4-10(5-8-11)6-9-13(17)18/h4-5,7-8,12H,2-3,6,9,15H2,1H3,(H,16,19)(H,17,18)/t12-/m0/s1. The Morgan fingerprint density at radius 3 is 2.47 bits per heavy atom. The van der Waals surface area contributed by atoms with Gasteiger partial charge in [-0.1, -0.05) is 25.5 Å². The van der Waals surface area contributed by atoms with Crippen molar-refractivity contribution >= 4 is 17.6 Å². The van der Waals surface area contributed by atoms with Gasteiger partial charge in [0.2, 0.25) is 5.91 Å². The lowest BCUT2D eigenvalue weighted by molar-refractivity contribution is -0.137. The van der Waals surface area contributed by atoms with Gasteiger partial charge in [0.25, 0.3) is 0 Å². The van der Waals surface area contributed by atoms with Crippen LogP contribution in [0.2, 0.25) is 0 Å². The highest BCUT2D eigenvalue weighted by Crippen LogP contribution is 2.11. The minimum Gasteiger partial charge on any atom is -0.481 e. The molecule has 0 aliphatic carbocycles. The van der Waals surface area contributed by atoms with E-state index in [-0.39, 0.29) is 12.3 Å². The molecule has 1 amide bonds. The van der Waals surface area contributed by atoms with E-state index in [2.05, 4.69) is 5.32 Å². The highest BCUT2D eigenvalue weighted by Gasteiger charge is 2.12. The number of anilines is 1. The Hall–Kier alpha value is -1.88. The third-order valence-electron chi connectivity index (χ3n) is 2.79. The molecule has 0 unspecified atom stereocenters. The maximum Gasteiger partial charge on any atom is 0.303 e. The molecule has 0 aliphatic rings. The number of carbonyl (C=O) groups excluding carboxylic acids is 1. The van der Waals surface area contributed by atoms with E-state index < -0.39 is 12.0 Å². The molecular weight excluding hydrogens is 244 g/mol. The van der Waals surface area contributed by atoms with E-state index in [1.54, 1.807) is 12.1 Å². The number of carboxylic acid groups (broad SMARTS) is 1. The van der Waals surface area contributed by atoms with Gasteiger partial charge in [0.1, 0.15) is 0 Å². The second-order valence-electron chi connectivity index (χ2n) is 4.48. The molecule has 5 nitrogen and oxygen atoms in total. The molecule has 1 rings (SSSR count). The molecule has 0 fully saturated rings. The van der Waals surface area contributed by atoms with Crippen molar-refractivity contribution < 1.29 is 14.7 Å². The van der Waals surface area contributed by atoms with Crippen molar-refractivity contribution in [2.75, 3.05) is 5.32 Å². The molecule has 104 valence electrons. The van der Waals surface area contributed by atoms with Gasteiger partial charge in [-0.25, -0.2) is 0 Å². The van der Waals surface area contributed by atoms with Crippen molar-refractivity contribution in [3.8, 4) is 0 Å². The summed E-state index contributed by atoms with van der Waals surface area (Å²) in [6.45, 7) is 1.98. The van der Waals surface area contributed by atoms with E-state index in [9.17, 15) is 9.59 Å². The molecule has 4 N–H and O–H groups in total. The number of benzene rings is 1. The van der Waals surface area contributed by atoms with Crippen LogP contribution in [0.3, 0.4) is 0 Å². The number of hydrogen-bond donors (Lipinski definition) is 3. The van der Waals surface area contributed by atoms with E-state index in [0.29, 0.717) is 18.5 Å². The van der Waals surface area contributed by atoms with Crippen LogP contribution in [0.4, 0.5) is 5.69 Å². The molecular formula is C14H20N2O3. The fourth-order valence-corrected chi connectivity index (χ4v) is 1.68. The van der Waals surface area contributed by atoms with Crippen LogP contribution in [0, 0.1) is 0 Å². The quantitative estimate of drug-likeness (QED) is 0.699. The van der Waals surface area contributed by atoms with Crippen LogP contribution in [-0.2, 0) is 16.0 Å². The molecule has 0 saturated carbocycles. The van der Waals surface area contributed by atoms with Crippen LogP contribution in [0.25, 0.3) is 0 Å². The Balaban J connectivity index is 2.52. The Bertz CT molecular complexity index is 429. The number of amides is 1. The predicted molar refractivity (Wildman–Crippen MR) is 73.9 cm³/mol. The zero-order valence-corrected chi connectivity index (χ0v) is 11.1. The highest BCUT2D eigenvalue weighted by atomic mass is 16.4. The van der Waals surface area contributed by atoms with E-state index in [1.165, 1.54) is 0 Å². The number of aliphatic carboxylic acids is 1. The second-order valence-corrected chi connectivity index (χ2v) is 4.48. The first-order valence-electron chi connectivity index (χ1n) is 6.40. The fourth-order valence-electron chi connectivity index (χ4n) is 1.68. The summed E-state index contributed by atoms with van der Waals surface area (Å²) in [6, 6.07) is 6.65. The number of nitrogens with one attached hydrogen (secondary N) is 1. The SMILES string of the molecule is CCC[C@H](N)C(=O)Nc1ccc(CCC(=O)O)cc1. The second kappa shape index (κ2) is 7.53. The summed E-state index contributed by atoms with van der Waals surface area (Å²) in [5.41, 5.74) is 7.31. The summed E-state index contributed by atoms with van der Waals surface area (Å²) >= 11 is 0.